The van der Waals surface area contributed by atoms with E-state index in [1.807, 2.05) is 6.07 Å². The molecule has 0 fully saturated rings. The van der Waals surface area contributed by atoms with E-state index < -0.39 is 23.9 Å². The highest BCUT2D eigenvalue weighted by molar-refractivity contribution is 5.96. The SMILES string of the molecule is CC(=O)Nc1ccc(NC(=O)[C@@H](C)OC(=O)CNC(=O)COc2ccccc2)cc1. The fourth-order valence-corrected chi connectivity index (χ4v) is 2.26. The first kappa shape index (κ1) is 22.4. The average Bonchev–Trinajstić information content (AvgIpc) is 2.72. The molecule has 9 heteroatoms. The summed E-state index contributed by atoms with van der Waals surface area (Å²) in [6.45, 7) is 2.17. The molecule has 0 aliphatic rings. The van der Waals surface area contributed by atoms with Gasteiger partial charge in [-0.2, -0.15) is 0 Å². The van der Waals surface area contributed by atoms with E-state index in [-0.39, 0.29) is 19.1 Å². The lowest BCUT2D eigenvalue weighted by molar-refractivity contribution is -0.152. The standard InChI is InChI=1S/C21H23N3O6/c1-14(21(28)24-17-10-8-16(9-11-17)23-15(2)25)30-20(27)12-22-19(26)13-29-18-6-4-3-5-7-18/h3-11,14H,12-13H2,1-2H3,(H,22,26)(H,23,25)(H,24,28)/t14-/m1/s1. The van der Waals surface area contributed by atoms with Crippen LogP contribution in [0.1, 0.15) is 13.8 Å². The van der Waals surface area contributed by atoms with Crippen molar-refractivity contribution in [1.82, 2.24) is 5.32 Å². The molecule has 0 aliphatic heterocycles. The Balaban J connectivity index is 1.70. The molecule has 0 aliphatic carbocycles. The third kappa shape index (κ3) is 8.01. The van der Waals surface area contributed by atoms with Gasteiger partial charge in [-0.15, -0.1) is 0 Å². The number of nitrogens with one attached hydrogen (secondary N) is 3. The molecule has 0 saturated carbocycles. The smallest absolute Gasteiger partial charge is 0.326 e. The van der Waals surface area contributed by atoms with Crippen molar-refractivity contribution in [3.8, 4) is 5.75 Å². The third-order valence-electron chi connectivity index (χ3n) is 3.69. The van der Waals surface area contributed by atoms with E-state index in [1.54, 1.807) is 48.5 Å². The van der Waals surface area contributed by atoms with Gasteiger partial charge in [-0.1, -0.05) is 18.2 Å². The van der Waals surface area contributed by atoms with Crippen molar-refractivity contribution in [1.29, 1.82) is 0 Å². The number of hydrogen-bond donors (Lipinski definition) is 3. The van der Waals surface area contributed by atoms with E-state index in [0.29, 0.717) is 17.1 Å². The van der Waals surface area contributed by atoms with Crippen LogP contribution in [0.2, 0.25) is 0 Å². The van der Waals surface area contributed by atoms with E-state index in [9.17, 15) is 19.2 Å². The molecule has 0 aromatic heterocycles. The fraction of sp³-hybridized carbons (Fsp3) is 0.238. The number of benzene rings is 2. The number of hydrogen-bond acceptors (Lipinski definition) is 6. The van der Waals surface area contributed by atoms with Gasteiger partial charge >= 0.3 is 5.97 Å². The maximum absolute atomic E-state index is 12.1. The Morgan fingerprint density at radius 3 is 2.10 bits per heavy atom. The van der Waals surface area contributed by atoms with Crippen molar-refractivity contribution < 1.29 is 28.7 Å². The zero-order chi connectivity index (χ0) is 21.9. The summed E-state index contributed by atoms with van der Waals surface area (Å²) in [6, 6.07) is 15.2. The molecule has 0 unspecified atom stereocenters. The molecule has 30 heavy (non-hydrogen) atoms. The van der Waals surface area contributed by atoms with Crippen LogP contribution >= 0.6 is 0 Å². The van der Waals surface area contributed by atoms with E-state index in [0.717, 1.165) is 0 Å². The van der Waals surface area contributed by atoms with Crippen LogP contribution in [0.3, 0.4) is 0 Å². The molecule has 2 aromatic carbocycles. The van der Waals surface area contributed by atoms with Gasteiger partial charge in [0.05, 0.1) is 0 Å². The zero-order valence-electron chi connectivity index (χ0n) is 16.6. The molecule has 0 saturated heterocycles. The summed E-state index contributed by atoms with van der Waals surface area (Å²) in [5, 5.41) is 7.57. The number of ether oxygens (including phenoxy) is 2. The van der Waals surface area contributed by atoms with Gasteiger partial charge in [-0.25, -0.2) is 0 Å². The molecule has 1 atom stereocenters. The number of rotatable bonds is 9. The van der Waals surface area contributed by atoms with Crippen molar-refractivity contribution in [2.45, 2.75) is 20.0 Å². The third-order valence-corrected chi connectivity index (χ3v) is 3.69. The van der Waals surface area contributed by atoms with Crippen molar-refractivity contribution in [2.24, 2.45) is 0 Å². The van der Waals surface area contributed by atoms with Crippen LogP contribution in [0.5, 0.6) is 5.75 Å². The second-order valence-electron chi connectivity index (χ2n) is 6.26. The van der Waals surface area contributed by atoms with Crippen LogP contribution in [-0.2, 0) is 23.9 Å². The Kier molecular flexibility index (Phi) is 8.37. The van der Waals surface area contributed by atoms with Gasteiger partial charge in [0.1, 0.15) is 12.3 Å². The van der Waals surface area contributed by atoms with Crippen LogP contribution in [0.4, 0.5) is 11.4 Å². The maximum atomic E-state index is 12.1. The first-order valence-electron chi connectivity index (χ1n) is 9.16. The second kappa shape index (κ2) is 11.2. The molecule has 2 aromatic rings. The van der Waals surface area contributed by atoms with Crippen LogP contribution < -0.4 is 20.7 Å². The van der Waals surface area contributed by atoms with Gasteiger partial charge in [0, 0.05) is 18.3 Å². The molecule has 0 bridgehead atoms. The van der Waals surface area contributed by atoms with Gasteiger partial charge in [-0.3, -0.25) is 19.2 Å². The fourth-order valence-electron chi connectivity index (χ4n) is 2.26. The molecular weight excluding hydrogens is 390 g/mol. The Morgan fingerprint density at radius 1 is 0.900 bits per heavy atom. The molecule has 0 heterocycles. The Morgan fingerprint density at radius 2 is 1.50 bits per heavy atom. The highest BCUT2D eigenvalue weighted by atomic mass is 16.5. The predicted molar refractivity (Wildman–Crippen MR) is 110 cm³/mol. The van der Waals surface area contributed by atoms with E-state index in [4.69, 9.17) is 9.47 Å². The largest absolute Gasteiger partial charge is 0.484 e. The molecule has 3 amide bonds. The Labute approximate surface area is 173 Å². The summed E-state index contributed by atoms with van der Waals surface area (Å²) in [5.74, 6) is -1.45. The molecule has 0 spiro atoms. The first-order chi connectivity index (χ1) is 14.3. The van der Waals surface area contributed by atoms with E-state index in [1.165, 1.54) is 13.8 Å². The summed E-state index contributed by atoms with van der Waals surface area (Å²) in [4.78, 5) is 46.7. The van der Waals surface area contributed by atoms with Gasteiger partial charge in [0.25, 0.3) is 11.8 Å². The first-order valence-corrected chi connectivity index (χ1v) is 9.16. The van der Waals surface area contributed by atoms with Crippen molar-refractivity contribution in [3.63, 3.8) is 0 Å². The molecule has 158 valence electrons. The predicted octanol–water partition coefficient (Wildman–Crippen LogP) is 1.71. The second-order valence-corrected chi connectivity index (χ2v) is 6.26. The highest BCUT2D eigenvalue weighted by Crippen LogP contribution is 2.14. The van der Waals surface area contributed by atoms with Gasteiger partial charge < -0.3 is 25.4 Å². The average molecular weight is 413 g/mol. The number of para-hydroxylation sites is 1. The number of esters is 1. The van der Waals surface area contributed by atoms with Crippen LogP contribution in [0.25, 0.3) is 0 Å². The number of amides is 3. The normalized spacial score (nSPS) is 11.0. The maximum Gasteiger partial charge on any atom is 0.326 e. The van der Waals surface area contributed by atoms with Crippen LogP contribution in [0, 0.1) is 0 Å². The lowest BCUT2D eigenvalue weighted by Gasteiger charge is -2.14. The summed E-state index contributed by atoms with van der Waals surface area (Å²) in [7, 11) is 0. The summed E-state index contributed by atoms with van der Waals surface area (Å²) < 4.78 is 10.3. The number of anilines is 2. The van der Waals surface area contributed by atoms with Crippen molar-refractivity contribution in [3.05, 3.63) is 54.6 Å². The Hall–Kier alpha value is -3.88. The number of carbonyl (C=O) groups excluding carboxylic acids is 4. The minimum atomic E-state index is -1.06. The molecule has 0 radical (unpaired) electrons. The summed E-state index contributed by atoms with van der Waals surface area (Å²) in [5.41, 5.74) is 1.07. The molecule has 2 rings (SSSR count). The molecule has 3 N–H and O–H groups in total. The van der Waals surface area contributed by atoms with Crippen LogP contribution in [-0.4, -0.2) is 42.9 Å². The quantitative estimate of drug-likeness (QED) is 0.538. The monoisotopic (exact) mass is 413 g/mol. The highest BCUT2D eigenvalue weighted by Gasteiger charge is 2.18. The van der Waals surface area contributed by atoms with Gasteiger partial charge in [0.15, 0.2) is 12.7 Å². The van der Waals surface area contributed by atoms with E-state index in [2.05, 4.69) is 16.0 Å². The zero-order valence-corrected chi connectivity index (χ0v) is 16.6. The van der Waals surface area contributed by atoms with Gasteiger partial charge in [-0.05, 0) is 43.3 Å². The van der Waals surface area contributed by atoms with Gasteiger partial charge in [0.2, 0.25) is 5.91 Å². The summed E-state index contributed by atoms with van der Waals surface area (Å²) in [6.07, 6.45) is -1.06. The van der Waals surface area contributed by atoms with Crippen LogP contribution in [0.15, 0.2) is 54.6 Å². The Bertz CT molecular complexity index is 883. The number of carbonyl (C=O) groups is 4. The molecular formula is C21H23N3O6. The summed E-state index contributed by atoms with van der Waals surface area (Å²) >= 11 is 0. The lowest BCUT2D eigenvalue weighted by Crippen LogP contribution is -2.37. The minimum Gasteiger partial charge on any atom is -0.484 e. The van der Waals surface area contributed by atoms with E-state index >= 15 is 0 Å². The topological polar surface area (TPSA) is 123 Å². The van der Waals surface area contributed by atoms with Crippen molar-refractivity contribution >= 4 is 35.1 Å². The lowest BCUT2D eigenvalue weighted by atomic mass is 10.2. The van der Waals surface area contributed by atoms with Crippen molar-refractivity contribution in [2.75, 3.05) is 23.8 Å². The minimum absolute atomic E-state index is 0.203. The molecule has 9 nitrogen and oxygen atoms in total.